The Bertz CT molecular complexity index is 426. The number of hydrogen-bond acceptors (Lipinski definition) is 3. The van der Waals surface area contributed by atoms with Crippen LogP contribution >= 0.6 is 0 Å². The summed E-state index contributed by atoms with van der Waals surface area (Å²) in [5.41, 5.74) is 2.08. The Hall–Kier alpha value is -1.71. The first-order valence-electron chi connectivity index (χ1n) is 6.37. The molecule has 0 unspecified atom stereocenters. The fourth-order valence-corrected chi connectivity index (χ4v) is 2.21. The number of carbonyl (C=O) groups is 1. The smallest absolute Gasteiger partial charge is 0.241 e. The maximum Gasteiger partial charge on any atom is 0.241 e. The lowest BCUT2D eigenvalue weighted by Gasteiger charge is -2.17. The zero-order chi connectivity index (χ0) is 13.0. The van der Waals surface area contributed by atoms with E-state index in [1.54, 1.807) is 7.11 Å². The molecule has 1 aromatic carbocycles. The van der Waals surface area contributed by atoms with E-state index in [1.165, 1.54) is 0 Å². The van der Waals surface area contributed by atoms with Crippen molar-refractivity contribution in [2.45, 2.75) is 19.8 Å². The summed E-state index contributed by atoms with van der Waals surface area (Å²) in [5.74, 6) is 1.02. The van der Waals surface area contributed by atoms with Crippen LogP contribution < -0.4 is 10.1 Å². The van der Waals surface area contributed by atoms with Crippen molar-refractivity contribution in [3.63, 3.8) is 0 Å². The molecule has 0 radical (unpaired) electrons. The number of likely N-dealkylation sites (tertiary alicyclic amines) is 1. The molecule has 1 aliphatic heterocycles. The molecule has 2 rings (SSSR count). The lowest BCUT2D eigenvalue weighted by atomic mass is 10.2. The van der Waals surface area contributed by atoms with Gasteiger partial charge in [0.25, 0.3) is 0 Å². The van der Waals surface area contributed by atoms with Crippen molar-refractivity contribution in [1.29, 1.82) is 0 Å². The van der Waals surface area contributed by atoms with Gasteiger partial charge in [-0.15, -0.1) is 0 Å². The van der Waals surface area contributed by atoms with Gasteiger partial charge >= 0.3 is 0 Å². The normalized spacial score (nSPS) is 14.7. The summed E-state index contributed by atoms with van der Waals surface area (Å²) in [4.78, 5) is 13.8. The lowest BCUT2D eigenvalue weighted by molar-refractivity contribution is -0.128. The molecule has 0 aliphatic carbocycles. The molecule has 0 bridgehead atoms. The molecular formula is C14H20N2O2. The van der Waals surface area contributed by atoms with Crippen LogP contribution in [0.1, 0.15) is 18.4 Å². The average Bonchev–Trinajstić information content (AvgIpc) is 2.90. The first-order valence-corrected chi connectivity index (χ1v) is 6.37. The van der Waals surface area contributed by atoms with E-state index in [0.29, 0.717) is 6.54 Å². The Morgan fingerprint density at radius 1 is 1.39 bits per heavy atom. The van der Waals surface area contributed by atoms with E-state index < -0.39 is 0 Å². The van der Waals surface area contributed by atoms with Crippen molar-refractivity contribution in [3.05, 3.63) is 23.8 Å². The lowest BCUT2D eigenvalue weighted by Crippen LogP contribution is -2.33. The number of nitrogens with one attached hydrogen (secondary N) is 1. The van der Waals surface area contributed by atoms with Crippen molar-refractivity contribution in [2.24, 2.45) is 0 Å². The van der Waals surface area contributed by atoms with Gasteiger partial charge in [0, 0.05) is 18.8 Å². The fourth-order valence-electron chi connectivity index (χ4n) is 2.21. The van der Waals surface area contributed by atoms with Gasteiger partial charge in [-0.25, -0.2) is 0 Å². The number of benzene rings is 1. The second-order valence-corrected chi connectivity index (χ2v) is 4.62. The minimum absolute atomic E-state index is 0.183. The Balaban J connectivity index is 1.91. The summed E-state index contributed by atoms with van der Waals surface area (Å²) in [7, 11) is 1.65. The van der Waals surface area contributed by atoms with E-state index in [9.17, 15) is 4.79 Å². The van der Waals surface area contributed by atoms with Crippen LogP contribution in [0.3, 0.4) is 0 Å². The predicted octanol–water partition coefficient (Wildman–Crippen LogP) is 2.04. The van der Waals surface area contributed by atoms with E-state index in [2.05, 4.69) is 5.32 Å². The first kappa shape index (κ1) is 12.7. The van der Waals surface area contributed by atoms with Gasteiger partial charge in [0.05, 0.1) is 13.7 Å². The molecular weight excluding hydrogens is 228 g/mol. The number of ether oxygens (including phenoxy) is 1. The second kappa shape index (κ2) is 5.76. The first-order chi connectivity index (χ1) is 8.70. The van der Waals surface area contributed by atoms with Gasteiger partial charge in [0.15, 0.2) is 0 Å². The molecule has 1 saturated heterocycles. The Kier molecular flexibility index (Phi) is 4.07. The largest absolute Gasteiger partial charge is 0.497 e. The Morgan fingerprint density at radius 3 is 2.72 bits per heavy atom. The van der Waals surface area contributed by atoms with Crippen LogP contribution in [0.5, 0.6) is 5.75 Å². The molecule has 0 spiro atoms. The third-order valence-electron chi connectivity index (χ3n) is 3.32. The van der Waals surface area contributed by atoms with Gasteiger partial charge in [-0.3, -0.25) is 4.79 Å². The molecule has 4 nitrogen and oxygen atoms in total. The van der Waals surface area contributed by atoms with Crippen LogP contribution in [0.2, 0.25) is 0 Å². The highest BCUT2D eigenvalue weighted by Gasteiger charge is 2.17. The molecule has 1 fully saturated rings. The van der Waals surface area contributed by atoms with Gasteiger partial charge in [-0.1, -0.05) is 0 Å². The molecule has 18 heavy (non-hydrogen) atoms. The molecule has 1 amide bonds. The standard InChI is InChI=1S/C14H20N2O2/c1-11-9-12(18-2)5-6-13(11)15-10-14(17)16-7-3-4-8-16/h5-6,9,15H,3-4,7-8,10H2,1-2H3. The molecule has 0 atom stereocenters. The highest BCUT2D eigenvalue weighted by Crippen LogP contribution is 2.20. The number of anilines is 1. The van der Waals surface area contributed by atoms with Crippen molar-refractivity contribution in [3.8, 4) is 5.75 Å². The SMILES string of the molecule is COc1ccc(NCC(=O)N2CCCC2)c(C)c1. The van der Waals surface area contributed by atoms with E-state index in [0.717, 1.165) is 42.9 Å². The summed E-state index contributed by atoms with van der Waals surface area (Å²) in [6.07, 6.45) is 2.26. The maximum atomic E-state index is 11.9. The van der Waals surface area contributed by atoms with Crippen LogP contribution in [-0.4, -0.2) is 37.6 Å². The van der Waals surface area contributed by atoms with Crippen LogP contribution in [0, 0.1) is 6.92 Å². The molecule has 1 N–H and O–H groups in total. The molecule has 1 aromatic rings. The highest BCUT2D eigenvalue weighted by atomic mass is 16.5. The van der Waals surface area contributed by atoms with Crippen molar-refractivity contribution < 1.29 is 9.53 Å². The summed E-state index contributed by atoms with van der Waals surface area (Å²) in [6.45, 7) is 4.18. The zero-order valence-corrected chi connectivity index (χ0v) is 11.0. The molecule has 0 aromatic heterocycles. The van der Waals surface area contributed by atoms with E-state index in [1.807, 2.05) is 30.0 Å². The second-order valence-electron chi connectivity index (χ2n) is 4.62. The average molecular weight is 248 g/mol. The Morgan fingerprint density at radius 2 is 2.11 bits per heavy atom. The van der Waals surface area contributed by atoms with Gasteiger partial charge in [0.2, 0.25) is 5.91 Å². The van der Waals surface area contributed by atoms with E-state index in [4.69, 9.17) is 4.74 Å². The van der Waals surface area contributed by atoms with E-state index >= 15 is 0 Å². The number of aryl methyl sites for hydroxylation is 1. The Labute approximate surface area is 108 Å². The van der Waals surface area contributed by atoms with Gasteiger partial charge < -0.3 is 15.0 Å². The minimum Gasteiger partial charge on any atom is -0.497 e. The van der Waals surface area contributed by atoms with Gasteiger partial charge in [0.1, 0.15) is 5.75 Å². The van der Waals surface area contributed by atoms with Crippen molar-refractivity contribution >= 4 is 11.6 Å². The van der Waals surface area contributed by atoms with E-state index in [-0.39, 0.29) is 5.91 Å². The number of methoxy groups -OCH3 is 1. The zero-order valence-electron chi connectivity index (χ0n) is 11.0. The number of carbonyl (C=O) groups excluding carboxylic acids is 1. The molecule has 98 valence electrons. The third-order valence-corrected chi connectivity index (χ3v) is 3.32. The topological polar surface area (TPSA) is 41.6 Å². The van der Waals surface area contributed by atoms with Gasteiger partial charge in [-0.05, 0) is 43.5 Å². The monoisotopic (exact) mass is 248 g/mol. The van der Waals surface area contributed by atoms with Crippen LogP contribution in [0.15, 0.2) is 18.2 Å². The summed E-state index contributed by atoms with van der Waals surface area (Å²) in [5, 5.41) is 3.19. The van der Waals surface area contributed by atoms with Crippen LogP contribution in [0.25, 0.3) is 0 Å². The summed E-state index contributed by atoms with van der Waals surface area (Å²) < 4.78 is 5.15. The van der Waals surface area contributed by atoms with Crippen molar-refractivity contribution in [2.75, 3.05) is 32.1 Å². The van der Waals surface area contributed by atoms with Gasteiger partial charge in [-0.2, -0.15) is 0 Å². The minimum atomic E-state index is 0.183. The third kappa shape index (κ3) is 2.94. The summed E-state index contributed by atoms with van der Waals surface area (Å²) >= 11 is 0. The molecule has 1 aliphatic rings. The predicted molar refractivity (Wildman–Crippen MR) is 72.0 cm³/mol. The highest BCUT2D eigenvalue weighted by molar-refractivity contribution is 5.81. The number of rotatable bonds is 4. The number of nitrogens with zero attached hydrogens (tertiary/aromatic N) is 1. The number of hydrogen-bond donors (Lipinski definition) is 1. The molecule has 0 saturated carbocycles. The van der Waals surface area contributed by atoms with Crippen LogP contribution in [-0.2, 0) is 4.79 Å². The van der Waals surface area contributed by atoms with Crippen LogP contribution in [0.4, 0.5) is 5.69 Å². The van der Waals surface area contributed by atoms with Crippen molar-refractivity contribution in [1.82, 2.24) is 4.90 Å². The maximum absolute atomic E-state index is 11.9. The fraction of sp³-hybridized carbons (Fsp3) is 0.500. The number of amides is 1. The molecule has 4 heteroatoms. The summed E-state index contributed by atoms with van der Waals surface area (Å²) in [6, 6.07) is 5.81. The molecule has 1 heterocycles. The quantitative estimate of drug-likeness (QED) is 0.886.